The molecule has 8 nitrogen and oxygen atoms in total. The fourth-order valence-corrected chi connectivity index (χ4v) is 4.09. The van der Waals surface area contributed by atoms with E-state index in [0.29, 0.717) is 23.0 Å². The van der Waals surface area contributed by atoms with Crippen molar-refractivity contribution in [3.8, 4) is 23.0 Å². The Morgan fingerprint density at radius 2 is 1.52 bits per heavy atom. The van der Waals surface area contributed by atoms with Crippen LogP contribution in [0.15, 0.2) is 41.3 Å². The maximum absolute atomic E-state index is 12.7. The van der Waals surface area contributed by atoms with E-state index in [4.69, 9.17) is 18.9 Å². The van der Waals surface area contributed by atoms with Gasteiger partial charge in [-0.05, 0) is 43.9 Å². The predicted molar refractivity (Wildman–Crippen MR) is 96.7 cm³/mol. The van der Waals surface area contributed by atoms with Gasteiger partial charge in [0.2, 0.25) is 23.6 Å². The van der Waals surface area contributed by atoms with Crippen molar-refractivity contribution in [2.24, 2.45) is 0 Å². The summed E-state index contributed by atoms with van der Waals surface area (Å²) in [6.45, 7) is 0.491. The van der Waals surface area contributed by atoms with Crippen LogP contribution in [-0.2, 0) is 10.0 Å². The normalized spacial score (nSPS) is 16.0. The number of hydrogen-bond acceptors (Lipinski definition) is 7. The van der Waals surface area contributed by atoms with E-state index in [1.54, 1.807) is 6.07 Å². The van der Waals surface area contributed by atoms with Crippen LogP contribution in [0.1, 0.15) is 11.6 Å². The minimum absolute atomic E-state index is 0.0963. The lowest BCUT2D eigenvalue weighted by atomic mass is 10.1. The molecule has 0 aliphatic carbocycles. The molecule has 0 bridgehead atoms. The van der Waals surface area contributed by atoms with E-state index in [2.05, 4.69) is 4.72 Å². The molecular weight excluding hydrogens is 372 g/mol. The number of sulfonamides is 1. The van der Waals surface area contributed by atoms with Crippen LogP contribution in [0.3, 0.4) is 0 Å². The van der Waals surface area contributed by atoms with Gasteiger partial charge in [0, 0.05) is 18.7 Å². The first-order valence-electron chi connectivity index (χ1n) is 8.39. The molecule has 1 N–H and O–H groups in total. The fraction of sp³-hybridized carbons (Fsp3) is 0.333. The lowest BCUT2D eigenvalue weighted by Gasteiger charge is -2.25. The second kappa shape index (κ2) is 6.91. The maximum Gasteiger partial charge on any atom is 0.240 e. The molecule has 2 aliphatic rings. The van der Waals surface area contributed by atoms with E-state index in [0.717, 1.165) is 5.56 Å². The molecule has 9 heteroatoms. The van der Waals surface area contributed by atoms with Crippen LogP contribution < -0.4 is 23.7 Å². The first-order valence-corrected chi connectivity index (χ1v) is 9.88. The molecule has 0 saturated carbocycles. The molecule has 144 valence electrons. The van der Waals surface area contributed by atoms with Gasteiger partial charge in [0.25, 0.3) is 0 Å². The standard InChI is InChI=1S/C18H20N2O6S/c1-20(2)14(12-3-5-15-17(7-12)25-10-23-15)9-19-27(21,22)13-4-6-16-18(8-13)26-11-24-16/h3-8,14,19H,9-11H2,1-2H3/t14-/m0/s1. The minimum atomic E-state index is -3.70. The first-order chi connectivity index (χ1) is 12.9. The topological polar surface area (TPSA) is 86.3 Å². The Kier molecular flexibility index (Phi) is 4.58. The molecule has 27 heavy (non-hydrogen) atoms. The summed E-state index contributed by atoms with van der Waals surface area (Å²) in [5.74, 6) is 2.33. The Labute approximate surface area is 157 Å². The highest BCUT2D eigenvalue weighted by Crippen LogP contribution is 2.36. The second-order valence-electron chi connectivity index (χ2n) is 6.46. The summed E-state index contributed by atoms with van der Waals surface area (Å²) in [7, 11) is 0.0879. The maximum atomic E-state index is 12.7. The zero-order chi connectivity index (χ0) is 19.0. The van der Waals surface area contributed by atoms with Gasteiger partial charge in [0.1, 0.15) is 0 Å². The highest BCUT2D eigenvalue weighted by molar-refractivity contribution is 7.89. The Morgan fingerprint density at radius 3 is 2.19 bits per heavy atom. The summed E-state index contributed by atoms with van der Waals surface area (Å²) in [6, 6.07) is 10.0. The molecule has 0 unspecified atom stereocenters. The van der Waals surface area contributed by atoms with Crippen LogP contribution in [0, 0.1) is 0 Å². The quantitative estimate of drug-likeness (QED) is 0.801. The predicted octanol–water partition coefficient (Wildman–Crippen LogP) is 1.73. The number of benzene rings is 2. The summed E-state index contributed by atoms with van der Waals surface area (Å²) in [5, 5.41) is 0. The van der Waals surface area contributed by atoms with Crippen LogP contribution in [-0.4, -0.2) is 47.5 Å². The third-order valence-corrected chi connectivity index (χ3v) is 5.95. The van der Waals surface area contributed by atoms with Crippen molar-refractivity contribution in [1.29, 1.82) is 0 Å². The second-order valence-corrected chi connectivity index (χ2v) is 8.23. The van der Waals surface area contributed by atoms with Crippen LogP contribution in [0.4, 0.5) is 0 Å². The van der Waals surface area contributed by atoms with E-state index >= 15 is 0 Å². The van der Waals surface area contributed by atoms with Crippen molar-refractivity contribution in [2.75, 3.05) is 34.2 Å². The Morgan fingerprint density at radius 1 is 0.926 bits per heavy atom. The zero-order valence-electron chi connectivity index (χ0n) is 15.0. The van der Waals surface area contributed by atoms with Crippen LogP contribution in [0.25, 0.3) is 0 Å². The van der Waals surface area contributed by atoms with Crippen molar-refractivity contribution in [1.82, 2.24) is 9.62 Å². The van der Waals surface area contributed by atoms with Gasteiger partial charge >= 0.3 is 0 Å². The van der Waals surface area contributed by atoms with Gasteiger partial charge in [-0.1, -0.05) is 6.07 Å². The van der Waals surface area contributed by atoms with Gasteiger partial charge in [-0.3, -0.25) is 0 Å². The Bertz CT molecular complexity index is 960. The number of nitrogens with zero attached hydrogens (tertiary/aromatic N) is 1. The Hall–Kier alpha value is -2.49. The molecule has 0 fully saturated rings. The Balaban J connectivity index is 1.52. The fourth-order valence-electron chi connectivity index (χ4n) is 3.03. The molecule has 0 spiro atoms. The number of hydrogen-bond donors (Lipinski definition) is 1. The summed E-state index contributed by atoms with van der Waals surface area (Å²) in [6.07, 6.45) is 0. The van der Waals surface area contributed by atoms with E-state index in [1.165, 1.54) is 12.1 Å². The van der Waals surface area contributed by atoms with Crippen molar-refractivity contribution in [3.05, 3.63) is 42.0 Å². The lowest BCUT2D eigenvalue weighted by molar-refractivity contribution is 0.173. The summed E-state index contributed by atoms with van der Waals surface area (Å²) < 4.78 is 49.3. The van der Waals surface area contributed by atoms with Crippen LogP contribution in [0.5, 0.6) is 23.0 Å². The molecule has 0 radical (unpaired) electrons. The first kappa shape index (κ1) is 17.9. The largest absolute Gasteiger partial charge is 0.454 e. The highest BCUT2D eigenvalue weighted by atomic mass is 32.2. The number of likely N-dealkylation sites (N-methyl/N-ethyl adjacent to an activating group) is 1. The molecule has 2 aromatic carbocycles. The zero-order valence-corrected chi connectivity index (χ0v) is 15.8. The van der Waals surface area contributed by atoms with E-state index < -0.39 is 10.0 Å². The average Bonchev–Trinajstić information content (AvgIpc) is 3.29. The molecule has 1 atom stereocenters. The number of ether oxygens (including phenoxy) is 4. The van der Waals surface area contributed by atoms with Crippen molar-refractivity contribution in [3.63, 3.8) is 0 Å². The van der Waals surface area contributed by atoms with E-state index in [9.17, 15) is 8.42 Å². The number of rotatable bonds is 6. The molecule has 4 rings (SSSR count). The summed E-state index contributed by atoms with van der Waals surface area (Å²) >= 11 is 0. The average molecular weight is 392 g/mol. The van der Waals surface area contributed by atoms with E-state index in [1.807, 2.05) is 37.2 Å². The molecule has 0 amide bonds. The summed E-state index contributed by atoms with van der Waals surface area (Å²) in [4.78, 5) is 2.08. The van der Waals surface area contributed by atoms with E-state index in [-0.39, 0.29) is 31.1 Å². The third-order valence-electron chi connectivity index (χ3n) is 4.53. The molecule has 2 aromatic rings. The molecule has 2 aliphatic heterocycles. The number of fused-ring (bicyclic) bond motifs is 2. The minimum Gasteiger partial charge on any atom is -0.454 e. The van der Waals surface area contributed by atoms with Crippen molar-refractivity contribution in [2.45, 2.75) is 10.9 Å². The van der Waals surface area contributed by atoms with Gasteiger partial charge in [-0.15, -0.1) is 0 Å². The van der Waals surface area contributed by atoms with Gasteiger partial charge in [-0.25, -0.2) is 13.1 Å². The van der Waals surface area contributed by atoms with Crippen molar-refractivity contribution < 1.29 is 27.4 Å². The van der Waals surface area contributed by atoms with Gasteiger partial charge < -0.3 is 23.8 Å². The molecule has 0 aromatic heterocycles. The van der Waals surface area contributed by atoms with Crippen LogP contribution in [0.2, 0.25) is 0 Å². The highest BCUT2D eigenvalue weighted by Gasteiger charge is 2.24. The van der Waals surface area contributed by atoms with Gasteiger partial charge in [0.05, 0.1) is 4.90 Å². The third kappa shape index (κ3) is 3.53. The molecule has 0 saturated heterocycles. The molecular formula is C18H20N2O6S. The lowest BCUT2D eigenvalue weighted by Crippen LogP contribution is -2.34. The summed E-state index contributed by atoms with van der Waals surface area (Å²) in [5.41, 5.74) is 0.928. The SMILES string of the molecule is CN(C)[C@@H](CNS(=O)(=O)c1ccc2c(c1)OCO2)c1ccc2c(c1)OCO2. The van der Waals surface area contributed by atoms with Crippen LogP contribution >= 0.6 is 0 Å². The van der Waals surface area contributed by atoms with Crippen molar-refractivity contribution >= 4 is 10.0 Å². The number of nitrogens with one attached hydrogen (secondary N) is 1. The van der Waals surface area contributed by atoms with Gasteiger partial charge in [-0.2, -0.15) is 0 Å². The molecule has 2 heterocycles. The monoisotopic (exact) mass is 392 g/mol. The smallest absolute Gasteiger partial charge is 0.240 e. The van der Waals surface area contributed by atoms with Gasteiger partial charge in [0.15, 0.2) is 23.0 Å².